The molecule has 1 saturated carbocycles. The average molecular weight is 399 g/mol. The molecule has 0 aromatic heterocycles. The maximum Gasteiger partial charge on any atom is 0.272 e. The number of hydrogen-bond donors (Lipinski definition) is 0. The highest BCUT2D eigenvalue weighted by Gasteiger charge is 2.31. The fourth-order valence-electron chi connectivity index (χ4n) is 5.32. The smallest absolute Gasteiger partial charge is 0.272 e. The van der Waals surface area contributed by atoms with Gasteiger partial charge in [0.2, 0.25) is 0 Å². The summed E-state index contributed by atoms with van der Waals surface area (Å²) >= 11 is 0. The van der Waals surface area contributed by atoms with Gasteiger partial charge >= 0.3 is 0 Å². The van der Waals surface area contributed by atoms with E-state index >= 15 is 0 Å². The molecule has 27 heavy (non-hydrogen) atoms. The quantitative estimate of drug-likeness (QED) is 0.459. The lowest BCUT2D eigenvalue weighted by Crippen LogP contribution is -2.28. The van der Waals surface area contributed by atoms with E-state index in [-0.39, 0.29) is 5.75 Å². The third-order valence-corrected chi connectivity index (χ3v) is 10.5. The first kappa shape index (κ1) is 20.8. The molecule has 0 spiro atoms. The van der Waals surface area contributed by atoms with Gasteiger partial charge in [0.25, 0.3) is 6.43 Å². The van der Waals surface area contributed by atoms with Gasteiger partial charge in [-0.1, -0.05) is 50.4 Å². The maximum absolute atomic E-state index is 14.2. The van der Waals surface area contributed by atoms with Crippen molar-refractivity contribution >= 4 is 8.80 Å². The molecule has 1 nitrogen and oxygen atoms in total. The zero-order valence-electron chi connectivity index (χ0n) is 16.4. The fourth-order valence-corrected chi connectivity index (χ4v) is 8.80. The van der Waals surface area contributed by atoms with Crippen LogP contribution < -0.4 is 4.74 Å². The summed E-state index contributed by atoms with van der Waals surface area (Å²) in [5.41, 5.74) is 0.995. The third-order valence-electron chi connectivity index (χ3n) is 6.82. The molecule has 1 aromatic rings. The van der Waals surface area contributed by atoms with Crippen LogP contribution in [0, 0.1) is 17.7 Å². The number of alkyl halides is 2. The van der Waals surface area contributed by atoms with Crippen molar-refractivity contribution in [2.75, 3.05) is 6.61 Å². The van der Waals surface area contributed by atoms with Crippen molar-refractivity contribution in [3.05, 3.63) is 29.6 Å². The molecule has 1 aromatic carbocycles. The minimum atomic E-state index is -2.58. The van der Waals surface area contributed by atoms with Crippen LogP contribution in [0.4, 0.5) is 13.2 Å². The first-order chi connectivity index (χ1) is 13.1. The Balaban J connectivity index is 1.48. The standard InChI is InChI=1S/C22H33F3OSi/c1-2-11-27-12-9-18(10-13-27)16-3-5-17(6-4-16)19-7-8-21(20(23)14-19)26-15-22(24)25/h7-8,14,16-18,22,27H,2-6,9-13,15H2,1H3/t16-,17-,18?,27?. The number of ether oxygens (including phenoxy) is 1. The second-order valence-corrected chi connectivity index (χ2v) is 12.0. The lowest BCUT2D eigenvalue weighted by atomic mass is 9.72. The van der Waals surface area contributed by atoms with Crippen molar-refractivity contribution in [1.82, 2.24) is 0 Å². The van der Waals surface area contributed by atoms with E-state index in [0.717, 1.165) is 30.2 Å². The van der Waals surface area contributed by atoms with Gasteiger partial charge in [-0.05, 0) is 61.1 Å². The van der Waals surface area contributed by atoms with Crippen LogP contribution >= 0.6 is 0 Å². The van der Waals surface area contributed by atoms with Crippen LogP contribution in [-0.2, 0) is 0 Å². The van der Waals surface area contributed by atoms with E-state index in [1.807, 2.05) is 6.07 Å². The average Bonchev–Trinajstić information content (AvgIpc) is 2.68. The topological polar surface area (TPSA) is 9.23 Å². The Hall–Kier alpha value is -0.973. The van der Waals surface area contributed by atoms with E-state index in [9.17, 15) is 13.2 Å². The van der Waals surface area contributed by atoms with Gasteiger partial charge in [0.1, 0.15) is 6.61 Å². The highest BCUT2D eigenvalue weighted by atomic mass is 28.3. The summed E-state index contributed by atoms with van der Waals surface area (Å²) in [7, 11) is -0.404. The van der Waals surface area contributed by atoms with Gasteiger partial charge in [0.15, 0.2) is 11.6 Å². The lowest BCUT2D eigenvalue weighted by Gasteiger charge is -2.37. The molecule has 2 aliphatic rings. The minimum absolute atomic E-state index is 0.0688. The van der Waals surface area contributed by atoms with Crippen molar-refractivity contribution in [2.45, 2.75) is 82.3 Å². The van der Waals surface area contributed by atoms with Crippen LogP contribution in [0.5, 0.6) is 5.75 Å². The number of rotatable bonds is 7. The molecule has 3 rings (SSSR count). The fraction of sp³-hybridized carbons (Fsp3) is 0.727. The van der Waals surface area contributed by atoms with Gasteiger partial charge in [-0.3, -0.25) is 0 Å². The van der Waals surface area contributed by atoms with E-state index in [0.29, 0.717) is 5.92 Å². The third kappa shape index (κ3) is 5.75. The summed E-state index contributed by atoms with van der Waals surface area (Å²) in [6.07, 6.45) is 6.44. The van der Waals surface area contributed by atoms with Crippen molar-refractivity contribution < 1.29 is 17.9 Å². The second-order valence-electron chi connectivity index (χ2n) is 8.57. The van der Waals surface area contributed by atoms with Crippen molar-refractivity contribution in [3.63, 3.8) is 0 Å². The van der Waals surface area contributed by atoms with Crippen molar-refractivity contribution in [3.8, 4) is 5.75 Å². The van der Waals surface area contributed by atoms with Gasteiger partial charge in [0.05, 0.1) is 0 Å². The van der Waals surface area contributed by atoms with Gasteiger partial charge in [-0.25, -0.2) is 13.2 Å². The Morgan fingerprint density at radius 2 is 1.70 bits per heavy atom. The van der Waals surface area contributed by atoms with Crippen LogP contribution in [0.3, 0.4) is 0 Å². The molecule has 0 amide bonds. The minimum Gasteiger partial charge on any atom is -0.485 e. The molecule has 0 radical (unpaired) electrons. The molecule has 1 aliphatic heterocycles. The zero-order chi connectivity index (χ0) is 19.2. The Labute approximate surface area is 163 Å². The predicted octanol–water partition coefficient (Wildman–Crippen LogP) is 6.79. The Kier molecular flexibility index (Phi) is 7.68. The Morgan fingerprint density at radius 1 is 1.04 bits per heavy atom. The highest BCUT2D eigenvalue weighted by Crippen LogP contribution is 2.44. The van der Waals surface area contributed by atoms with Gasteiger partial charge in [0, 0.05) is 8.80 Å². The number of halogens is 3. The summed E-state index contributed by atoms with van der Waals surface area (Å²) in [5, 5.41) is 0. The van der Waals surface area contributed by atoms with Gasteiger partial charge in [-0.15, -0.1) is 0 Å². The van der Waals surface area contributed by atoms with Crippen LogP contribution in [-0.4, -0.2) is 21.8 Å². The SMILES string of the molecule is CCC[SiH]1CCC([C@H]2CC[C@H](c3ccc(OCC(F)F)c(F)c3)CC2)CC1. The largest absolute Gasteiger partial charge is 0.485 e. The maximum atomic E-state index is 14.2. The second kappa shape index (κ2) is 9.99. The molecule has 0 N–H and O–H groups in total. The molecule has 152 valence electrons. The molecule has 0 bridgehead atoms. The van der Waals surface area contributed by atoms with E-state index in [1.165, 1.54) is 50.3 Å². The molecule has 1 saturated heterocycles. The van der Waals surface area contributed by atoms with Crippen LogP contribution in [0.25, 0.3) is 0 Å². The Morgan fingerprint density at radius 3 is 2.30 bits per heavy atom. The lowest BCUT2D eigenvalue weighted by molar-refractivity contribution is 0.0799. The van der Waals surface area contributed by atoms with Gasteiger partial charge < -0.3 is 4.74 Å². The summed E-state index contributed by atoms with van der Waals surface area (Å²) < 4.78 is 43.5. The molecular formula is C22H33F3OSi. The van der Waals surface area contributed by atoms with Crippen LogP contribution in [0.1, 0.15) is 63.4 Å². The van der Waals surface area contributed by atoms with E-state index in [2.05, 4.69) is 6.92 Å². The molecule has 5 heteroatoms. The summed E-state index contributed by atoms with van der Waals surface area (Å²) in [6.45, 7) is 1.56. The monoisotopic (exact) mass is 398 g/mol. The molecule has 0 unspecified atom stereocenters. The highest BCUT2D eigenvalue weighted by molar-refractivity contribution is 6.58. The number of benzene rings is 1. The van der Waals surface area contributed by atoms with E-state index in [1.54, 1.807) is 12.1 Å². The summed E-state index contributed by atoms with van der Waals surface area (Å²) in [5.74, 6) is 1.59. The van der Waals surface area contributed by atoms with Crippen LogP contribution in [0.15, 0.2) is 18.2 Å². The summed E-state index contributed by atoms with van der Waals surface area (Å²) in [6, 6.07) is 9.48. The van der Waals surface area contributed by atoms with Crippen molar-refractivity contribution in [1.29, 1.82) is 0 Å². The number of hydrogen-bond acceptors (Lipinski definition) is 1. The first-order valence-corrected chi connectivity index (χ1v) is 13.2. The predicted molar refractivity (Wildman–Crippen MR) is 107 cm³/mol. The molecular weight excluding hydrogens is 365 g/mol. The molecule has 2 fully saturated rings. The first-order valence-electron chi connectivity index (χ1n) is 10.8. The zero-order valence-corrected chi connectivity index (χ0v) is 17.6. The Bertz CT molecular complexity index is 579. The molecule has 1 aliphatic carbocycles. The van der Waals surface area contributed by atoms with E-state index < -0.39 is 27.6 Å². The van der Waals surface area contributed by atoms with Crippen molar-refractivity contribution in [2.24, 2.45) is 11.8 Å². The van der Waals surface area contributed by atoms with Crippen LogP contribution in [0.2, 0.25) is 18.1 Å². The van der Waals surface area contributed by atoms with Gasteiger partial charge in [-0.2, -0.15) is 0 Å². The normalized spacial score (nSPS) is 29.1. The molecule has 0 atom stereocenters. The molecule has 1 heterocycles. The van der Waals surface area contributed by atoms with E-state index in [4.69, 9.17) is 4.74 Å². The summed E-state index contributed by atoms with van der Waals surface area (Å²) in [4.78, 5) is 0.